The highest BCUT2D eigenvalue weighted by Gasteiger charge is 2.07. The predicted molar refractivity (Wildman–Crippen MR) is 60.6 cm³/mol. The summed E-state index contributed by atoms with van der Waals surface area (Å²) in [6.07, 6.45) is 0. The third-order valence-corrected chi connectivity index (χ3v) is 3.42. The van der Waals surface area contributed by atoms with E-state index in [0.717, 1.165) is 11.4 Å². The maximum absolute atomic E-state index is 11.1. The van der Waals surface area contributed by atoms with Gasteiger partial charge in [0, 0.05) is 6.54 Å². The monoisotopic (exact) mass is 245 g/mol. The number of hydrogen-bond donors (Lipinski definition) is 2. The molecule has 0 aliphatic carbocycles. The molecule has 1 rings (SSSR count). The first-order valence-electron chi connectivity index (χ1n) is 4.77. The lowest BCUT2D eigenvalue weighted by atomic mass is 10.4. The van der Waals surface area contributed by atoms with Crippen LogP contribution in [-0.4, -0.2) is 42.9 Å². The van der Waals surface area contributed by atoms with E-state index < -0.39 is 10.0 Å². The molecular weight excluding hydrogens is 230 g/mol. The lowest BCUT2D eigenvalue weighted by molar-refractivity contribution is 0.588. The normalized spacial score (nSPS) is 11.4. The quantitative estimate of drug-likeness (QED) is 0.722. The van der Waals surface area contributed by atoms with E-state index in [-0.39, 0.29) is 12.3 Å². The first-order valence-corrected chi connectivity index (χ1v) is 6.43. The molecular formula is C8H15N5O2S. The Morgan fingerprint density at radius 3 is 2.44 bits per heavy atom. The van der Waals surface area contributed by atoms with Gasteiger partial charge in [0.25, 0.3) is 0 Å². The molecule has 0 spiro atoms. The summed E-state index contributed by atoms with van der Waals surface area (Å²) in [4.78, 5) is 4.12. The molecule has 0 atom stereocenters. The number of nitrogens with one attached hydrogen (secondary N) is 2. The number of hydrogen-bond acceptors (Lipinski definition) is 6. The van der Waals surface area contributed by atoms with E-state index in [9.17, 15) is 8.42 Å². The zero-order chi connectivity index (χ0) is 12.2. The van der Waals surface area contributed by atoms with Gasteiger partial charge in [-0.25, -0.2) is 18.1 Å². The Bertz CT molecular complexity index is 459. The summed E-state index contributed by atoms with van der Waals surface area (Å²) in [5.41, 5.74) is 1.53. The molecule has 1 heterocycles. The van der Waals surface area contributed by atoms with Crippen LogP contribution in [0.5, 0.6) is 0 Å². The van der Waals surface area contributed by atoms with Gasteiger partial charge in [0.05, 0.1) is 17.1 Å². The molecule has 0 saturated carbocycles. The molecule has 7 nitrogen and oxygen atoms in total. The molecule has 2 N–H and O–H groups in total. The predicted octanol–water partition coefficient (Wildman–Crippen LogP) is -0.550. The van der Waals surface area contributed by atoms with E-state index >= 15 is 0 Å². The Labute approximate surface area is 94.7 Å². The second-order valence-electron chi connectivity index (χ2n) is 3.26. The highest BCUT2D eigenvalue weighted by atomic mass is 32.2. The zero-order valence-electron chi connectivity index (χ0n) is 9.48. The average molecular weight is 245 g/mol. The molecule has 0 radical (unpaired) electrons. The van der Waals surface area contributed by atoms with E-state index in [1.54, 1.807) is 0 Å². The highest BCUT2D eigenvalue weighted by molar-refractivity contribution is 7.89. The summed E-state index contributed by atoms with van der Waals surface area (Å²) in [7, 11) is -1.82. The smallest absolute Gasteiger partial charge is 0.242 e. The Morgan fingerprint density at radius 2 is 1.88 bits per heavy atom. The van der Waals surface area contributed by atoms with Crippen LogP contribution in [0.4, 0.5) is 5.95 Å². The van der Waals surface area contributed by atoms with Gasteiger partial charge in [0.2, 0.25) is 16.0 Å². The van der Waals surface area contributed by atoms with Gasteiger partial charge in [0.15, 0.2) is 0 Å². The summed E-state index contributed by atoms with van der Waals surface area (Å²) >= 11 is 0. The molecule has 8 heteroatoms. The lowest BCUT2D eigenvalue weighted by Gasteiger charge is -2.05. The fraction of sp³-hybridized carbons (Fsp3) is 0.625. The maximum Gasteiger partial charge on any atom is 0.242 e. The molecule has 90 valence electrons. The number of aromatic nitrogens is 3. The largest absolute Gasteiger partial charge is 0.352 e. The van der Waals surface area contributed by atoms with Gasteiger partial charge < -0.3 is 5.32 Å². The third kappa shape index (κ3) is 3.70. The number of anilines is 1. The van der Waals surface area contributed by atoms with Gasteiger partial charge in [-0.3, -0.25) is 0 Å². The van der Waals surface area contributed by atoms with E-state index in [1.165, 1.54) is 7.05 Å². The molecule has 0 amide bonds. The molecule has 0 aliphatic rings. The van der Waals surface area contributed by atoms with Crippen molar-refractivity contribution in [3.63, 3.8) is 0 Å². The van der Waals surface area contributed by atoms with E-state index in [2.05, 4.69) is 25.2 Å². The van der Waals surface area contributed by atoms with Crippen molar-refractivity contribution in [1.82, 2.24) is 19.9 Å². The molecule has 16 heavy (non-hydrogen) atoms. The molecule has 0 aromatic carbocycles. The van der Waals surface area contributed by atoms with Crippen molar-refractivity contribution >= 4 is 16.0 Å². The van der Waals surface area contributed by atoms with Crippen LogP contribution in [0.25, 0.3) is 0 Å². The van der Waals surface area contributed by atoms with E-state index in [4.69, 9.17) is 0 Å². The van der Waals surface area contributed by atoms with Crippen molar-refractivity contribution in [2.24, 2.45) is 0 Å². The molecule has 0 bridgehead atoms. The number of nitrogens with zero attached hydrogens (tertiary/aromatic N) is 3. The van der Waals surface area contributed by atoms with Gasteiger partial charge in [-0.2, -0.15) is 5.10 Å². The van der Waals surface area contributed by atoms with Gasteiger partial charge >= 0.3 is 0 Å². The van der Waals surface area contributed by atoms with Crippen LogP contribution < -0.4 is 10.0 Å². The summed E-state index contributed by atoms with van der Waals surface area (Å²) in [5, 5.41) is 10.5. The molecule has 1 aromatic heterocycles. The molecule has 0 unspecified atom stereocenters. The second kappa shape index (κ2) is 5.17. The average Bonchev–Trinajstić information content (AvgIpc) is 2.23. The maximum atomic E-state index is 11.1. The van der Waals surface area contributed by atoms with Crippen LogP contribution in [0.15, 0.2) is 0 Å². The Kier molecular flexibility index (Phi) is 4.13. The van der Waals surface area contributed by atoms with E-state index in [1.807, 2.05) is 13.8 Å². The number of aryl methyl sites for hydroxylation is 2. The van der Waals surface area contributed by atoms with Gasteiger partial charge in [-0.1, -0.05) is 0 Å². The van der Waals surface area contributed by atoms with Crippen LogP contribution in [0, 0.1) is 13.8 Å². The van der Waals surface area contributed by atoms with Crippen molar-refractivity contribution in [2.45, 2.75) is 13.8 Å². The van der Waals surface area contributed by atoms with Crippen molar-refractivity contribution in [3.05, 3.63) is 11.4 Å². The fourth-order valence-corrected chi connectivity index (χ4v) is 1.51. The van der Waals surface area contributed by atoms with E-state index in [0.29, 0.717) is 5.95 Å². The third-order valence-electron chi connectivity index (χ3n) is 2.06. The summed E-state index contributed by atoms with van der Waals surface area (Å²) < 4.78 is 24.4. The zero-order valence-corrected chi connectivity index (χ0v) is 10.3. The first kappa shape index (κ1) is 12.8. The lowest BCUT2D eigenvalue weighted by Crippen LogP contribution is -2.26. The molecule has 1 aromatic rings. The number of rotatable bonds is 5. The number of sulfonamides is 1. The topological polar surface area (TPSA) is 96.9 Å². The first-order chi connectivity index (χ1) is 7.44. The minimum atomic E-state index is -3.20. The Balaban J connectivity index is 2.53. The Morgan fingerprint density at radius 1 is 1.19 bits per heavy atom. The standard InChI is InChI=1S/C8H15N5O2S/c1-6-7(2)12-13-8(11-6)10-4-5-16(14,15)9-3/h9H,4-5H2,1-3H3,(H,10,11,13). The van der Waals surface area contributed by atoms with Crippen molar-refractivity contribution in [2.75, 3.05) is 24.7 Å². The van der Waals surface area contributed by atoms with Crippen molar-refractivity contribution in [3.8, 4) is 0 Å². The van der Waals surface area contributed by atoms with Crippen LogP contribution in [-0.2, 0) is 10.0 Å². The minimum absolute atomic E-state index is 0.0280. The molecule has 0 aliphatic heterocycles. The summed E-state index contributed by atoms with van der Waals surface area (Å²) in [5.74, 6) is 0.314. The fourth-order valence-electron chi connectivity index (χ4n) is 0.931. The summed E-state index contributed by atoms with van der Waals surface area (Å²) in [6, 6.07) is 0. The van der Waals surface area contributed by atoms with Gasteiger partial charge in [0.1, 0.15) is 0 Å². The second-order valence-corrected chi connectivity index (χ2v) is 5.30. The van der Waals surface area contributed by atoms with Crippen molar-refractivity contribution < 1.29 is 8.42 Å². The molecule has 0 saturated heterocycles. The minimum Gasteiger partial charge on any atom is -0.352 e. The van der Waals surface area contributed by atoms with Gasteiger partial charge in [-0.05, 0) is 20.9 Å². The molecule has 0 fully saturated rings. The van der Waals surface area contributed by atoms with Crippen LogP contribution in [0.1, 0.15) is 11.4 Å². The van der Waals surface area contributed by atoms with Crippen LogP contribution in [0.3, 0.4) is 0 Å². The van der Waals surface area contributed by atoms with Crippen molar-refractivity contribution in [1.29, 1.82) is 0 Å². The highest BCUT2D eigenvalue weighted by Crippen LogP contribution is 2.01. The summed E-state index contributed by atoms with van der Waals surface area (Å²) in [6.45, 7) is 3.87. The Hall–Kier alpha value is -1.28. The van der Waals surface area contributed by atoms with Crippen LogP contribution in [0.2, 0.25) is 0 Å². The van der Waals surface area contributed by atoms with Gasteiger partial charge in [-0.15, -0.1) is 5.10 Å². The SMILES string of the molecule is CNS(=O)(=O)CCNc1nnc(C)c(C)n1. The van der Waals surface area contributed by atoms with Crippen LogP contribution >= 0.6 is 0 Å².